The molecule has 3 atom stereocenters. The number of carbonyl (C=O) groups is 2. The van der Waals surface area contributed by atoms with Gasteiger partial charge in [0.15, 0.2) is 0 Å². The average Bonchev–Trinajstić information content (AvgIpc) is 3.01. The summed E-state index contributed by atoms with van der Waals surface area (Å²) < 4.78 is 5.92. The van der Waals surface area contributed by atoms with Crippen LogP contribution in [-0.2, 0) is 16.1 Å². The molecule has 2 aromatic rings. The fraction of sp³-hybridized carbons (Fsp3) is 0.350. The van der Waals surface area contributed by atoms with Gasteiger partial charge in [-0.1, -0.05) is 24.3 Å². The van der Waals surface area contributed by atoms with Crippen molar-refractivity contribution in [1.82, 2.24) is 15.2 Å². The molecule has 1 aromatic heterocycles. The van der Waals surface area contributed by atoms with Gasteiger partial charge < -0.3 is 20.3 Å². The third kappa shape index (κ3) is 4.09. The summed E-state index contributed by atoms with van der Waals surface area (Å²) in [5, 5.41) is 5.85. The summed E-state index contributed by atoms with van der Waals surface area (Å²) in [7, 11) is 0. The number of para-hydroxylation sites is 1. The molecule has 2 aliphatic rings. The summed E-state index contributed by atoms with van der Waals surface area (Å²) in [5.74, 6) is -0.266. The number of morpholine rings is 1. The van der Waals surface area contributed by atoms with Crippen LogP contribution < -0.4 is 10.6 Å². The Morgan fingerprint density at radius 3 is 2.78 bits per heavy atom. The summed E-state index contributed by atoms with van der Waals surface area (Å²) in [5.41, 5.74) is 1.71. The predicted molar refractivity (Wildman–Crippen MR) is 99.9 cm³/mol. The first-order valence-corrected chi connectivity index (χ1v) is 9.12. The molecule has 140 valence electrons. The van der Waals surface area contributed by atoms with Crippen molar-refractivity contribution in [3.05, 3.63) is 60.4 Å². The van der Waals surface area contributed by atoms with Crippen LogP contribution in [0.25, 0.3) is 0 Å². The van der Waals surface area contributed by atoms with Crippen LogP contribution in [0.15, 0.2) is 54.9 Å². The monoisotopic (exact) mass is 366 g/mol. The van der Waals surface area contributed by atoms with Crippen molar-refractivity contribution >= 4 is 17.6 Å². The molecule has 0 unspecified atom stereocenters. The Bertz CT molecular complexity index is 799. The Hall–Kier alpha value is -2.93. The second kappa shape index (κ2) is 7.75. The molecule has 7 nitrogen and oxygen atoms in total. The molecule has 2 aliphatic heterocycles. The van der Waals surface area contributed by atoms with Crippen molar-refractivity contribution < 1.29 is 14.3 Å². The molecular weight excluding hydrogens is 344 g/mol. The van der Waals surface area contributed by atoms with Crippen molar-refractivity contribution in [2.75, 3.05) is 18.4 Å². The molecule has 2 bridgehead atoms. The third-order valence-electron chi connectivity index (χ3n) is 5.00. The molecule has 4 rings (SSSR count). The molecule has 0 saturated carbocycles. The Balaban J connectivity index is 1.33. The minimum Gasteiger partial charge on any atom is -0.370 e. The van der Waals surface area contributed by atoms with E-state index < -0.39 is 0 Å². The van der Waals surface area contributed by atoms with Gasteiger partial charge in [0.05, 0.1) is 18.1 Å². The van der Waals surface area contributed by atoms with Crippen LogP contribution in [0.5, 0.6) is 0 Å². The number of fused-ring (bicyclic) bond motifs is 2. The molecular formula is C20H22N4O3. The fourth-order valence-corrected chi connectivity index (χ4v) is 3.65. The Labute approximate surface area is 157 Å². The fourth-order valence-electron chi connectivity index (χ4n) is 3.65. The molecule has 7 heteroatoms. The minimum atomic E-state index is -0.265. The van der Waals surface area contributed by atoms with Crippen LogP contribution in [0.3, 0.4) is 0 Å². The van der Waals surface area contributed by atoms with Crippen LogP contribution in [0.2, 0.25) is 0 Å². The van der Waals surface area contributed by atoms with Crippen molar-refractivity contribution in [2.24, 2.45) is 5.92 Å². The molecule has 0 radical (unpaired) electrons. The lowest BCUT2D eigenvalue weighted by Gasteiger charge is -2.32. The summed E-state index contributed by atoms with van der Waals surface area (Å²) in [6, 6.07) is 13.0. The first-order valence-electron chi connectivity index (χ1n) is 9.12. The average molecular weight is 366 g/mol. The van der Waals surface area contributed by atoms with Crippen LogP contribution in [-0.4, -0.2) is 47.1 Å². The first-order chi connectivity index (χ1) is 13.2. The first kappa shape index (κ1) is 17.5. The van der Waals surface area contributed by atoms with E-state index in [0.29, 0.717) is 26.1 Å². The number of anilines is 1. The Morgan fingerprint density at radius 2 is 2.00 bits per heavy atom. The number of benzene rings is 1. The number of ether oxygens (including phenoxy) is 1. The van der Waals surface area contributed by atoms with Crippen molar-refractivity contribution in [3.8, 4) is 0 Å². The van der Waals surface area contributed by atoms with Gasteiger partial charge in [0.2, 0.25) is 5.91 Å². The zero-order valence-corrected chi connectivity index (χ0v) is 14.9. The number of aromatic nitrogens is 1. The number of carbonyl (C=O) groups excluding carboxylic acids is 2. The molecule has 2 N–H and O–H groups in total. The molecule has 3 heterocycles. The molecule has 0 aliphatic carbocycles. The molecule has 27 heavy (non-hydrogen) atoms. The third-order valence-corrected chi connectivity index (χ3v) is 5.00. The highest BCUT2D eigenvalue weighted by molar-refractivity contribution is 5.89. The highest BCUT2D eigenvalue weighted by atomic mass is 16.5. The van der Waals surface area contributed by atoms with Gasteiger partial charge in [0, 0.05) is 37.7 Å². The van der Waals surface area contributed by atoms with Crippen LogP contribution >= 0.6 is 0 Å². The number of rotatable bonds is 4. The van der Waals surface area contributed by atoms with Gasteiger partial charge in [-0.15, -0.1) is 0 Å². The number of amides is 3. The van der Waals surface area contributed by atoms with E-state index in [1.807, 2.05) is 42.5 Å². The largest absolute Gasteiger partial charge is 0.370 e. The summed E-state index contributed by atoms with van der Waals surface area (Å²) in [6.07, 6.45) is 3.71. The van der Waals surface area contributed by atoms with Gasteiger partial charge in [-0.2, -0.15) is 0 Å². The maximum absolute atomic E-state index is 12.6. The van der Waals surface area contributed by atoms with E-state index in [1.54, 1.807) is 17.3 Å². The lowest BCUT2D eigenvalue weighted by molar-refractivity contribution is -0.127. The van der Waals surface area contributed by atoms with E-state index in [2.05, 4.69) is 15.6 Å². The maximum Gasteiger partial charge on any atom is 0.322 e. The van der Waals surface area contributed by atoms with E-state index in [1.165, 1.54) is 0 Å². The van der Waals surface area contributed by atoms with Gasteiger partial charge in [-0.3, -0.25) is 9.78 Å². The smallest absolute Gasteiger partial charge is 0.322 e. The molecule has 3 amide bonds. The zero-order valence-electron chi connectivity index (χ0n) is 14.9. The predicted octanol–water partition coefficient (Wildman–Crippen LogP) is 2.02. The number of nitrogens with one attached hydrogen (secondary N) is 2. The topological polar surface area (TPSA) is 83.6 Å². The number of likely N-dealkylation sites (tertiary alicyclic amines) is 1. The zero-order chi connectivity index (χ0) is 18.6. The highest BCUT2D eigenvalue weighted by Gasteiger charge is 2.45. The normalized spacial score (nSPS) is 23.7. The Kier molecular flexibility index (Phi) is 5.02. The quantitative estimate of drug-likeness (QED) is 0.867. The lowest BCUT2D eigenvalue weighted by Crippen LogP contribution is -2.49. The second-order valence-corrected chi connectivity index (χ2v) is 6.92. The van der Waals surface area contributed by atoms with Crippen molar-refractivity contribution in [1.29, 1.82) is 0 Å². The number of hydrogen-bond donors (Lipinski definition) is 2. The molecule has 2 saturated heterocycles. The SMILES string of the molecule is O=C(NCc1cccnc1)[C@@H]1C[C@H]2CN(C(=O)Nc3ccccc3)C[C@@H]1O2. The number of pyridine rings is 1. The van der Waals surface area contributed by atoms with E-state index in [-0.39, 0.29) is 30.1 Å². The summed E-state index contributed by atoms with van der Waals surface area (Å²) in [6.45, 7) is 1.36. The molecule has 2 fully saturated rings. The lowest BCUT2D eigenvalue weighted by atomic mass is 9.99. The van der Waals surface area contributed by atoms with Gasteiger partial charge in [0.25, 0.3) is 0 Å². The highest BCUT2D eigenvalue weighted by Crippen LogP contribution is 2.32. The van der Waals surface area contributed by atoms with Crippen LogP contribution in [0.1, 0.15) is 12.0 Å². The van der Waals surface area contributed by atoms with Gasteiger partial charge >= 0.3 is 6.03 Å². The van der Waals surface area contributed by atoms with Crippen LogP contribution in [0.4, 0.5) is 10.5 Å². The van der Waals surface area contributed by atoms with Gasteiger partial charge in [-0.25, -0.2) is 4.79 Å². The standard InChI is InChI=1S/C20H22N4O3/c25-19(22-11-14-5-4-8-21-10-14)17-9-16-12-24(13-18(17)27-16)20(26)23-15-6-2-1-3-7-15/h1-8,10,16-18H,9,11-13H2,(H,22,25)(H,23,26)/t16-,17+,18-/m0/s1. The van der Waals surface area contributed by atoms with E-state index in [0.717, 1.165) is 11.3 Å². The maximum atomic E-state index is 12.6. The number of nitrogens with zero attached hydrogens (tertiary/aromatic N) is 2. The molecule has 1 aromatic carbocycles. The van der Waals surface area contributed by atoms with Gasteiger partial charge in [-0.05, 0) is 30.2 Å². The Morgan fingerprint density at radius 1 is 1.15 bits per heavy atom. The van der Waals surface area contributed by atoms with E-state index in [9.17, 15) is 9.59 Å². The number of hydrogen-bond acceptors (Lipinski definition) is 4. The van der Waals surface area contributed by atoms with Crippen molar-refractivity contribution in [3.63, 3.8) is 0 Å². The van der Waals surface area contributed by atoms with E-state index >= 15 is 0 Å². The van der Waals surface area contributed by atoms with Crippen LogP contribution in [0, 0.1) is 5.92 Å². The summed E-state index contributed by atoms with van der Waals surface area (Å²) in [4.78, 5) is 30.9. The number of urea groups is 1. The second-order valence-electron chi connectivity index (χ2n) is 6.92. The van der Waals surface area contributed by atoms with Crippen molar-refractivity contribution in [2.45, 2.75) is 25.2 Å². The summed E-state index contributed by atoms with van der Waals surface area (Å²) >= 11 is 0. The minimum absolute atomic E-state index is 0.0309. The molecule has 0 spiro atoms. The van der Waals surface area contributed by atoms with Gasteiger partial charge in [0.1, 0.15) is 0 Å². The van der Waals surface area contributed by atoms with E-state index in [4.69, 9.17) is 4.74 Å².